The highest BCUT2D eigenvalue weighted by atomic mass is 15.4. The molecule has 0 unspecified atom stereocenters. The first kappa shape index (κ1) is 8.72. The lowest BCUT2D eigenvalue weighted by molar-refractivity contribution is 0.119. The summed E-state index contributed by atoms with van der Waals surface area (Å²) in [4.78, 5) is 4.78. The summed E-state index contributed by atoms with van der Waals surface area (Å²) in [5.41, 5.74) is 0. The maximum absolute atomic E-state index is 4.19. The van der Waals surface area contributed by atoms with Crippen molar-refractivity contribution in [3.63, 3.8) is 0 Å². The van der Waals surface area contributed by atoms with Crippen LogP contribution in [-0.2, 0) is 6.67 Å². The largest absolute Gasteiger partial charge is 0.304 e. The van der Waals surface area contributed by atoms with E-state index in [1.54, 1.807) is 0 Å². The van der Waals surface area contributed by atoms with E-state index < -0.39 is 0 Å². The SMILES string of the molecule is CN1CCN(Cn2cccn2)CC1. The van der Waals surface area contributed by atoms with Crippen LogP contribution in [0.3, 0.4) is 0 Å². The van der Waals surface area contributed by atoms with Crippen molar-refractivity contribution in [2.24, 2.45) is 0 Å². The molecule has 4 nitrogen and oxygen atoms in total. The fourth-order valence-electron chi connectivity index (χ4n) is 1.58. The van der Waals surface area contributed by atoms with Crippen molar-refractivity contribution in [2.45, 2.75) is 6.67 Å². The zero-order valence-electron chi connectivity index (χ0n) is 8.06. The van der Waals surface area contributed by atoms with Crippen molar-refractivity contribution in [1.82, 2.24) is 19.6 Å². The third kappa shape index (κ3) is 2.29. The van der Waals surface area contributed by atoms with Crippen LogP contribution in [0.2, 0.25) is 0 Å². The van der Waals surface area contributed by atoms with E-state index in [0.29, 0.717) is 0 Å². The molecule has 0 amide bonds. The molecule has 0 aliphatic carbocycles. The topological polar surface area (TPSA) is 24.3 Å². The minimum absolute atomic E-state index is 0.931. The average Bonchev–Trinajstić information content (AvgIpc) is 2.62. The Balaban J connectivity index is 1.83. The highest BCUT2D eigenvalue weighted by Crippen LogP contribution is 2.00. The molecule has 0 spiro atoms. The van der Waals surface area contributed by atoms with Crippen LogP contribution in [-0.4, -0.2) is 52.8 Å². The van der Waals surface area contributed by atoms with Crippen molar-refractivity contribution in [3.8, 4) is 0 Å². The molecule has 2 heterocycles. The summed E-state index contributed by atoms with van der Waals surface area (Å²) in [7, 11) is 2.17. The Kier molecular flexibility index (Phi) is 2.61. The van der Waals surface area contributed by atoms with Gasteiger partial charge in [0.15, 0.2) is 0 Å². The first-order chi connectivity index (χ1) is 6.34. The zero-order chi connectivity index (χ0) is 9.10. The number of aromatic nitrogens is 2. The summed E-state index contributed by atoms with van der Waals surface area (Å²) in [5.74, 6) is 0. The minimum Gasteiger partial charge on any atom is -0.304 e. The number of nitrogens with zero attached hydrogens (tertiary/aromatic N) is 4. The van der Waals surface area contributed by atoms with Crippen LogP contribution in [0.25, 0.3) is 0 Å². The summed E-state index contributed by atoms with van der Waals surface area (Å²) in [6.45, 7) is 5.57. The molecule has 1 aliphatic heterocycles. The number of rotatable bonds is 2. The predicted molar refractivity (Wildman–Crippen MR) is 51.3 cm³/mol. The molecule has 0 aromatic carbocycles. The van der Waals surface area contributed by atoms with Gasteiger partial charge in [-0.3, -0.25) is 9.58 Å². The average molecular weight is 180 g/mol. The highest BCUT2D eigenvalue weighted by molar-refractivity contribution is 4.78. The van der Waals surface area contributed by atoms with Crippen molar-refractivity contribution >= 4 is 0 Å². The third-order valence-corrected chi connectivity index (χ3v) is 2.50. The van der Waals surface area contributed by atoms with Crippen LogP contribution >= 0.6 is 0 Å². The van der Waals surface area contributed by atoms with Gasteiger partial charge in [0.2, 0.25) is 0 Å². The van der Waals surface area contributed by atoms with Crippen molar-refractivity contribution in [3.05, 3.63) is 18.5 Å². The summed E-state index contributed by atoms with van der Waals surface area (Å²) in [6, 6.07) is 1.97. The van der Waals surface area contributed by atoms with Crippen molar-refractivity contribution in [1.29, 1.82) is 0 Å². The molecule has 0 bridgehead atoms. The Bertz CT molecular complexity index is 236. The second-order valence-electron chi connectivity index (χ2n) is 3.61. The van der Waals surface area contributed by atoms with Gasteiger partial charge in [-0.05, 0) is 13.1 Å². The van der Waals surface area contributed by atoms with Gasteiger partial charge < -0.3 is 4.90 Å². The Morgan fingerprint density at radius 3 is 2.62 bits per heavy atom. The number of likely N-dealkylation sites (N-methyl/N-ethyl adjacent to an activating group) is 1. The van der Waals surface area contributed by atoms with Crippen LogP contribution in [0.1, 0.15) is 0 Å². The molecular formula is C9H16N4. The zero-order valence-corrected chi connectivity index (χ0v) is 8.06. The molecule has 0 saturated carbocycles. The fourth-order valence-corrected chi connectivity index (χ4v) is 1.58. The molecule has 0 atom stereocenters. The molecule has 1 aromatic rings. The standard InChI is InChI=1S/C9H16N4/c1-11-5-7-12(8-6-11)9-13-4-2-3-10-13/h2-4H,5-9H2,1H3. The third-order valence-electron chi connectivity index (χ3n) is 2.50. The van der Waals surface area contributed by atoms with E-state index in [0.717, 1.165) is 19.8 Å². The van der Waals surface area contributed by atoms with Gasteiger partial charge in [0.1, 0.15) is 0 Å². The van der Waals surface area contributed by atoms with Crippen LogP contribution in [0.15, 0.2) is 18.5 Å². The quantitative estimate of drug-likeness (QED) is 0.644. The normalized spacial score (nSPS) is 20.7. The van der Waals surface area contributed by atoms with Gasteiger partial charge >= 0.3 is 0 Å². The van der Waals surface area contributed by atoms with Crippen molar-refractivity contribution in [2.75, 3.05) is 33.2 Å². The lowest BCUT2D eigenvalue weighted by Gasteiger charge is -2.31. The predicted octanol–water partition coefficient (Wildman–Crippen LogP) is 0.0880. The molecule has 72 valence electrons. The minimum atomic E-state index is 0.931. The van der Waals surface area contributed by atoms with Gasteiger partial charge in [0.05, 0.1) is 6.67 Å². The molecule has 0 N–H and O–H groups in total. The molecule has 1 aromatic heterocycles. The Morgan fingerprint density at radius 2 is 2.00 bits per heavy atom. The van der Waals surface area contributed by atoms with Crippen LogP contribution in [0, 0.1) is 0 Å². The van der Waals surface area contributed by atoms with Gasteiger partial charge in [-0.15, -0.1) is 0 Å². The van der Waals surface area contributed by atoms with E-state index in [9.17, 15) is 0 Å². The van der Waals surface area contributed by atoms with E-state index in [-0.39, 0.29) is 0 Å². The van der Waals surface area contributed by atoms with Gasteiger partial charge in [0, 0.05) is 38.6 Å². The molecule has 4 heteroatoms. The highest BCUT2D eigenvalue weighted by Gasteiger charge is 2.13. The monoisotopic (exact) mass is 180 g/mol. The lowest BCUT2D eigenvalue weighted by atomic mass is 10.3. The van der Waals surface area contributed by atoms with Gasteiger partial charge in [-0.2, -0.15) is 5.10 Å². The van der Waals surface area contributed by atoms with E-state index >= 15 is 0 Å². The molecular weight excluding hydrogens is 164 g/mol. The Labute approximate surface area is 78.7 Å². The maximum Gasteiger partial charge on any atom is 0.0929 e. The molecule has 1 fully saturated rings. The lowest BCUT2D eigenvalue weighted by Crippen LogP contribution is -2.44. The second kappa shape index (κ2) is 3.89. The van der Waals surface area contributed by atoms with E-state index in [2.05, 4.69) is 21.9 Å². The number of hydrogen-bond donors (Lipinski definition) is 0. The van der Waals surface area contributed by atoms with Gasteiger partial charge in [0.25, 0.3) is 0 Å². The van der Waals surface area contributed by atoms with Gasteiger partial charge in [-0.25, -0.2) is 0 Å². The summed E-state index contributed by atoms with van der Waals surface area (Å²) >= 11 is 0. The van der Waals surface area contributed by atoms with Crippen LogP contribution in [0.5, 0.6) is 0 Å². The van der Waals surface area contributed by atoms with E-state index in [4.69, 9.17) is 0 Å². The van der Waals surface area contributed by atoms with E-state index in [1.807, 2.05) is 23.1 Å². The first-order valence-corrected chi connectivity index (χ1v) is 4.73. The Morgan fingerprint density at radius 1 is 1.23 bits per heavy atom. The number of piperazine rings is 1. The van der Waals surface area contributed by atoms with E-state index in [1.165, 1.54) is 13.1 Å². The smallest absolute Gasteiger partial charge is 0.0929 e. The van der Waals surface area contributed by atoms with Crippen LogP contribution < -0.4 is 0 Å². The molecule has 1 aliphatic rings. The first-order valence-electron chi connectivity index (χ1n) is 4.73. The molecule has 2 rings (SSSR count). The summed E-state index contributed by atoms with van der Waals surface area (Å²) in [5, 5.41) is 4.19. The van der Waals surface area contributed by atoms with Crippen LogP contribution in [0.4, 0.5) is 0 Å². The summed E-state index contributed by atoms with van der Waals surface area (Å²) in [6.07, 6.45) is 3.84. The molecule has 0 radical (unpaired) electrons. The summed E-state index contributed by atoms with van der Waals surface area (Å²) < 4.78 is 1.98. The molecule has 13 heavy (non-hydrogen) atoms. The fraction of sp³-hybridized carbons (Fsp3) is 0.667. The second-order valence-corrected chi connectivity index (χ2v) is 3.61. The number of hydrogen-bond acceptors (Lipinski definition) is 3. The maximum atomic E-state index is 4.19. The Hall–Kier alpha value is -0.870. The van der Waals surface area contributed by atoms with Crippen molar-refractivity contribution < 1.29 is 0 Å². The molecule has 1 saturated heterocycles. The van der Waals surface area contributed by atoms with Gasteiger partial charge in [-0.1, -0.05) is 0 Å².